The van der Waals surface area contributed by atoms with Gasteiger partial charge in [0.1, 0.15) is 6.10 Å². The molecule has 1 atom stereocenters. The Morgan fingerprint density at radius 1 is 1.09 bits per heavy atom. The Bertz CT molecular complexity index is 604. The van der Waals surface area contributed by atoms with Crippen molar-refractivity contribution in [1.29, 1.82) is 0 Å². The minimum atomic E-state index is -3.41. The molecular formula is C13H19FN4O3S. The second kappa shape index (κ2) is 6.43. The summed E-state index contributed by atoms with van der Waals surface area (Å²) in [5.74, 6) is -0.533. The Kier molecular flexibility index (Phi) is 4.55. The van der Waals surface area contributed by atoms with Crippen molar-refractivity contribution in [3.05, 3.63) is 18.2 Å². The van der Waals surface area contributed by atoms with Crippen molar-refractivity contribution in [2.45, 2.75) is 31.8 Å². The number of hydrogen-bond donors (Lipinski definition) is 0. The number of ether oxygens (including phenoxy) is 1. The second-order valence-corrected chi connectivity index (χ2v) is 7.47. The van der Waals surface area contributed by atoms with E-state index in [2.05, 4.69) is 9.97 Å². The smallest absolute Gasteiger partial charge is 0.316 e. The van der Waals surface area contributed by atoms with Gasteiger partial charge < -0.3 is 4.74 Å². The minimum Gasteiger partial charge on any atom is -0.459 e. The maximum absolute atomic E-state index is 12.8. The zero-order valence-electron chi connectivity index (χ0n) is 12.2. The first-order valence-electron chi connectivity index (χ1n) is 7.45. The lowest BCUT2D eigenvalue weighted by Gasteiger charge is -2.33. The molecule has 2 aliphatic rings. The van der Waals surface area contributed by atoms with Gasteiger partial charge in [0.25, 0.3) is 10.2 Å². The summed E-state index contributed by atoms with van der Waals surface area (Å²) >= 11 is 0. The van der Waals surface area contributed by atoms with Crippen LogP contribution < -0.4 is 4.74 Å². The average Bonchev–Trinajstić information content (AvgIpc) is 3.05. The minimum absolute atomic E-state index is 0.0758. The highest BCUT2D eigenvalue weighted by Gasteiger charge is 2.35. The van der Waals surface area contributed by atoms with Crippen LogP contribution in [0.1, 0.15) is 25.7 Å². The molecule has 22 heavy (non-hydrogen) atoms. The molecule has 0 aliphatic carbocycles. The van der Waals surface area contributed by atoms with E-state index in [-0.39, 0.29) is 18.7 Å². The Morgan fingerprint density at radius 2 is 1.73 bits per heavy atom. The molecule has 2 aliphatic heterocycles. The first-order chi connectivity index (χ1) is 10.6. The van der Waals surface area contributed by atoms with Gasteiger partial charge in [-0.3, -0.25) is 0 Å². The Hall–Kier alpha value is -1.32. The van der Waals surface area contributed by atoms with Crippen LogP contribution in [0.25, 0.3) is 0 Å². The van der Waals surface area contributed by atoms with E-state index in [0.717, 1.165) is 38.1 Å². The molecule has 0 saturated carbocycles. The Morgan fingerprint density at radius 3 is 2.41 bits per heavy atom. The molecule has 0 spiro atoms. The van der Waals surface area contributed by atoms with E-state index in [1.165, 1.54) is 8.61 Å². The zero-order valence-corrected chi connectivity index (χ0v) is 13.0. The van der Waals surface area contributed by atoms with Crippen molar-refractivity contribution >= 4 is 10.2 Å². The topological polar surface area (TPSA) is 75.6 Å². The van der Waals surface area contributed by atoms with Gasteiger partial charge in [0.05, 0.1) is 18.9 Å². The first-order valence-corrected chi connectivity index (χ1v) is 8.85. The van der Waals surface area contributed by atoms with Crippen LogP contribution in [0.3, 0.4) is 0 Å². The molecular weight excluding hydrogens is 311 g/mol. The third kappa shape index (κ3) is 3.36. The molecule has 1 aromatic heterocycles. The molecule has 0 radical (unpaired) electrons. The lowest BCUT2D eigenvalue weighted by Crippen LogP contribution is -2.49. The number of rotatable bonds is 4. The predicted octanol–water partition coefficient (Wildman–Crippen LogP) is 0.799. The van der Waals surface area contributed by atoms with Crippen molar-refractivity contribution in [2.75, 3.05) is 26.2 Å². The number of nitrogens with zero attached hydrogens (tertiary/aromatic N) is 4. The number of halogens is 1. The van der Waals surface area contributed by atoms with Crippen LogP contribution in [0.5, 0.6) is 6.01 Å². The van der Waals surface area contributed by atoms with Crippen LogP contribution in [0.4, 0.5) is 4.39 Å². The van der Waals surface area contributed by atoms with E-state index in [0.29, 0.717) is 19.6 Å². The van der Waals surface area contributed by atoms with Crippen LogP contribution >= 0.6 is 0 Å². The summed E-state index contributed by atoms with van der Waals surface area (Å²) in [6.45, 7) is 1.96. The molecule has 122 valence electrons. The molecule has 9 heteroatoms. The van der Waals surface area contributed by atoms with Gasteiger partial charge >= 0.3 is 6.01 Å². The van der Waals surface area contributed by atoms with Crippen LogP contribution in [0.2, 0.25) is 0 Å². The summed E-state index contributed by atoms with van der Waals surface area (Å²) in [6.07, 6.45) is 5.03. The third-order valence-corrected chi connectivity index (χ3v) is 5.93. The monoisotopic (exact) mass is 330 g/mol. The summed E-state index contributed by atoms with van der Waals surface area (Å²) in [5.41, 5.74) is 0. The lowest BCUT2D eigenvalue weighted by atomic mass is 10.1. The highest BCUT2D eigenvalue weighted by Crippen LogP contribution is 2.22. The molecule has 7 nitrogen and oxygen atoms in total. The van der Waals surface area contributed by atoms with Gasteiger partial charge in [0.2, 0.25) is 0 Å². The average molecular weight is 330 g/mol. The van der Waals surface area contributed by atoms with Gasteiger partial charge in [0.15, 0.2) is 5.82 Å². The van der Waals surface area contributed by atoms with Crippen molar-refractivity contribution in [3.63, 3.8) is 0 Å². The number of piperidine rings is 1. The SMILES string of the molecule is O=S(=O)(N1CCCC1)N1CCCC(Oc2ncc(F)cn2)C1. The van der Waals surface area contributed by atoms with E-state index in [9.17, 15) is 12.8 Å². The normalized spacial score (nSPS) is 24.5. The highest BCUT2D eigenvalue weighted by atomic mass is 32.2. The van der Waals surface area contributed by atoms with Gasteiger partial charge in [-0.25, -0.2) is 14.4 Å². The summed E-state index contributed by atoms with van der Waals surface area (Å²) in [5, 5.41) is 0. The van der Waals surface area contributed by atoms with Gasteiger partial charge in [0, 0.05) is 19.6 Å². The third-order valence-electron chi connectivity index (χ3n) is 3.93. The Balaban J connectivity index is 1.65. The summed E-state index contributed by atoms with van der Waals surface area (Å²) in [6, 6.07) is 0.0758. The zero-order chi connectivity index (χ0) is 15.6. The summed E-state index contributed by atoms with van der Waals surface area (Å²) in [7, 11) is -3.41. The van der Waals surface area contributed by atoms with Gasteiger partial charge in [-0.15, -0.1) is 0 Å². The fourth-order valence-corrected chi connectivity index (χ4v) is 4.56. The van der Waals surface area contributed by atoms with Crippen molar-refractivity contribution in [3.8, 4) is 6.01 Å². The Labute approximate surface area is 129 Å². The van der Waals surface area contributed by atoms with Crippen LogP contribution in [0, 0.1) is 5.82 Å². The van der Waals surface area contributed by atoms with Gasteiger partial charge in [-0.05, 0) is 25.7 Å². The van der Waals surface area contributed by atoms with Crippen LogP contribution in [-0.2, 0) is 10.2 Å². The summed E-state index contributed by atoms with van der Waals surface area (Å²) in [4.78, 5) is 7.50. The van der Waals surface area contributed by atoms with E-state index in [4.69, 9.17) is 4.74 Å². The molecule has 1 unspecified atom stereocenters. The van der Waals surface area contributed by atoms with Crippen LogP contribution in [-0.4, -0.2) is 59.3 Å². The molecule has 0 aromatic carbocycles. The maximum Gasteiger partial charge on any atom is 0.316 e. The lowest BCUT2D eigenvalue weighted by molar-refractivity contribution is 0.116. The maximum atomic E-state index is 12.8. The molecule has 1 aromatic rings. The van der Waals surface area contributed by atoms with Crippen molar-refractivity contribution in [1.82, 2.24) is 18.6 Å². The molecule has 2 fully saturated rings. The largest absolute Gasteiger partial charge is 0.459 e. The molecule has 0 bridgehead atoms. The first kappa shape index (κ1) is 15.6. The van der Waals surface area contributed by atoms with E-state index < -0.39 is 16.0 Å². The fraction of sp³-hybridized carbons (Fsp3) is 0.692. The van der Waals surface area contributed by atoms with E-state index in [1.54, 1.807) is 0 Å². The fourth-order valence-electron chi connectivity index (χ4n) is 2.80. The second-order valence-electron chi connectivity index (χ2n) is 5.54. The van der Waals surface area contributed by atoms with E-state index in [1.807, 2.05) is 0 Å². The number of hydrogen-bond acceptors (Lipinski definition) is 5. The van der Waals surface area contributed by atoms with Gasteiger partial charge in [-0.2, -0.15) is 17.0 Å². The highest BCUT2D eigenvalue weighted by molar-refractivity contribution is 7.86. The molecule has 3 heterocycles. The predicted molar refractivity (Wildman–Crippen MR) is 76.9 cm³/mol. The quantitative estimate of drug-likeness (QED) is 0.816. The van der Waals surface area contributed by atoms with Gasteiger partial charge in [-0.1, -0.05) is 0 Å². The molecule has 3 rings (SSSR count). The molecule has 0 amide bonds. The van der Waals surface area contributed by atoms with Crippen molar-refractivity contribution in [2.24, 2.45) is 0 Å². The van der Waals surface area contributed by atoms with E-state index >= 15 is 0 Å². The molecule has 2 saturated heterocycles. The summed E-state index contributed by atoms with van der Waals surface area (Å²) < 4.78 is 46.5. The standard InChI is InChI=1S/C13H19FN4O3S/c14-11-8-15-13(16-9-11)21-12-4-3-7-18(10-12)22(19,20)17-5-1-2-6-17/h8-9,12H,1-7,10H2. The van der Waals surface area contributed by atoms with Crippen LogP contribution in [0.15, 0.2) is 12.4 Å². The number of aromatic nitrogens is 2. The van der Waals surface area contributed by atoms with Crippen molar-refractivity contribution < 1.29 is 17.5 Å². The molecule has 0 N–H and O–H groups in total.